The number of amides is 1. The van der Waals surface area contributed by atoms with E-state index in [9.17, 15) is 4.79 Å². The molecule has 5 heteroatoms. The van der Waals surface area contributed by atoms with Crippen LogP contribution in [-0.2, 0) is 11.2 Å². The maximum absolute atomic E-state index is 12.1. The van der Waals surface area contributed by atoms with Gasteiger partial charge in [0.15, 0.2) is 0 Å². The normalized spacial score (nSPS) is 10.7. The van der Waals surface area contributed by atoms with Crippen LogP contribution < -0.4 is 14.8 Å². The minimum Gasteiger partial charge on any atom is -0.497 e. The molecule has 0 heterocycles. The van der Waals surface area contributed by atoms with Crippen LogP contribution in [0.25, 0.3) is 6.08 Å². The van der Waals surface area contributed by atoms with Crippen molar-refractivity contribution in [3.63, 3.8) is 0 Å². The summed E-state index contributed by atoms with van der Waals surface area (Å²) in [5, 5.41) is 2.85. The van der Waals surface area contributed by atoms with Crippen molar-refractivity contribution in [3.05, 3.63) is 58.1 Å². The standard InChI is InChI=1S/C19H20BrNO3/c1-4-13-5-9-17(16(20)11-13)21-19(22)10-7-14-6-8-15(23-2)12-18(14)24-3/h5-12H,4H2,1-3H3,(H,21,22)/b10-7+. The van der Waals surface area contributed by atoms with Gasteiger partial charge in [0.1, 0.15) is 11.5 Å². The fourth-order valence-corrected chi connectivity index (χ4v) is 2.70. The molecule has 1 N–H and O–H groups in total. The second-order valence-electron chi connectivity index (χ2n) is 5.10. The number of anilines is 1. The Labute approximate surface area is 150 Å². The molecule has 0 saturated carbocycles. The molecule has 0 atom stereocenters. The summed E-state index contributed by atoms with van der Waals surface area (Å²) in [6.45, 7) is 2.09. The molecular weight excluding hydrogens is 370 g/mol. The molecule has 0 bridgehead atoms. The van der Waals surface area contributed by atoms with Crippen molar-refractivity contribution in [3.8, 4) is 11.5 Å². The third-order valence-corrected chi connectivity index (χ3v) is 4.21. The maximum atomic E-state index is 12.1. The van der Waals surface area contributed by atoms with E-state index < -0.39 is 0 Å². The molecule has 0 radical (unpaired) electrons. The first-order valence-corrected chi connectivity index (χ1v) is 8.36. The summed E-state index contributed by atoms with van der Waals surface area (Å²) in [6, 6.07) is 11.3. The Hall–Kier alpha value is -2.27. The number of benzene rings is 2. The van der Waals surface area contributed by atoms with E-state index >= 15 is 0 Å². The van der Waals surface area contributed by atoms with Crippen LogP contribution in [0.5, 0.6) is 11.5 Å². The summed E-state index contributed by atoms with van der Waals surface area (Å²) in [5.41, 5.74) is 2.75. The van der Waals surface area contributed by atoms with Crippen LogP contribution in [0.15, 0.2) is 46.9 Å². The van der Waals surface area contributed by atoms with Crippen LogP contribution >= 0.6 is 15.9 Å². The molecule has 24 heavy (non-hydrogen) atoms. The molecule has 1 amide bonds. The number of ether oxygens (including phenoxy) is 2. The van der Waals surface area contributed by atoms with Gasteiger partial charge >= 0.3 is 0 Å². The minimum atomic E-state index is -0.210. The van der Waals surface area contributed by atoms with E-state index in [-0.39, 0.29) is 5.91 Å². The van der Waals surface area contributed by atoms with Crippen LogP contribution in [0, 0.1) is 0 Å². The number of methoxy groups -OCH3 is 2. The second-order valence-corrected chi connectivity index (χ2v) is 5.95. The lowest BCUT2D eigenvalue weighted by atomic mass is 10.1. The number of hydrogen-bond acceptors (Lipinski definition) is 3. The lowest BCUT2D eigenvalue weighted by molar-refractivity contribution is -0.111. The highest BCUT2D eigenvalue weighted by molar-refractivity contribution is 9.10. The molecule has 0 spiro atoms. The van der Waals surface area contributed by atoms with Crippen molar-refractivity contribution >= 4 is 33.6 Å². The van der Waals surface area contributed by atoms with Gasteiger partial charge in [-0.25, -0.2) is 0 Å². The van der Waals surface area contributed by atoms with Gasteiger partial charge in [-0.1, -0.05) is 13.0 Å². The summed E-state index contributed by atoms with van der Waals surface area (Å²) in [5.74, 6) is 1.14. The fraction of sp³-hybridized carbons (Fsp3) is 0.211. The Balaban J connectivity index is 2.11. The van der Waals surface area contributed by atoms with Gasteiger partial charge in [0.2, 0.25) is 5.91 Å². The van der Waals surface area contributed by atoms with E-state index in [4.69, 9.17) is 9.47 Å². The number of carbonyl (C=O) groups is 1. The average molecular weight is 390 g/mol. The summed E-state index contributed by atoms with van der Waals surface area (Å²) < 4.78 is 11.3. The van der Waals surface area contributed by atoms with Gasteiger partial charge in [0.05, 0.1) is 19.9 Å². The number of carbonyl (C=O) groups excluding carboxylic acids is 1. The van der Waals surface area contributed by atoms with Crippen LogP contribution in [-0.4, -0.2) is 20.1 Å². The molecule has 0 aliphatic carbocycles. The first-order valence-electron chi connectivity index (χ1n) is 7.57. The number of aryl methyl sites for hydroxylation is 1. The highest BCUT2D eigenvalue weighted by Gasteiger charge is 2.05. The molecule has 4 nitrogen and oxygen atoms in total. The summed E-state index contributed by atoms with van der Waals surface area (Å²) in [6.07, 6.45) is 4.14. The van der Waals surface area contributed by atoms with Crippen LogP contribution in [0.3, 0.4) is 0 Å². The Morgan fingerprint density at radius 3 is 2.58 bits per heavy atom. The maximum Gasteiger partial charge on any atom is 0.248 e. The molecule has 0 unspecified atom stereocenters. The molecular formula is C19H20BrNO3. The molecule has 0 aliphatic rings. The number of rotatable bonds is 6. The highest BCUT2D eigenvalue weighted by atomic mass is 79.9. The van der Waals surface area contributed by atoms with Gasteiger partial charge in [-0.05, 0) is 58.3 Å². The predicted octanol–water partition coefficient (Wildman–Crippen LogP) is 4.68. The first kappa shape index (κ1) is 18.1. The van der Waals surface area contributed by atoms with Crippen molar-refractivity contribution in [1.82, 2.24) is 0 Å². The number of nitrogens with one attached hydrogen (secondary N) is 1. The largest absolute Gasteiger partial charge is 0.497 e. The lowest BCUT2D eigenvalue weighted by Crippen LogP contribution is -2.08. The zero-order valence-corrected chi connectivity index (χ0v) is 15.5. The zero-order valence-electron chi connectivity index (χ0n) is 13.9. The zero-order chi connectivity index (χ0) is 17.5. The second kappa shape index (κ2) is 8.55. The molecule has 126 valence electrons. The van der Waals surface area contributed by atoms with Gasteiger partial charge in [0, 0.05) is 22.2 Å². The molecule has 0 aromatic heterocycles. The fourth-order valence-electron chi connectivity index (χ4n) is 2.18. The Morgan fingerprint density at radius 1 is 1.17 bits per heavy atom. The van der Waals surface area contributed by atoms with Crippen molar-refractivity contribution < 1.29 is 14.3 Å². The van der Waals surface area contributed by atoms with Crippen LogP contribution in [0.4, 0.5) is 5.69 Å². The molecule has 0 saturated heterocycles. The van der Waals surface area contributed by atoms with E-state index in [1.807, 2.05) is 30.3 Å². The van der Waals surface area contributed by atoms with Gasteiger partial charge in [-0.2, -0.15) is 0 Å². The van der Waals surface area contributed by atoms with Crippen LogP contribution in [0.2, 0.25) is 0 Å². The summed E-state index contributed by atoms with van der Waals surface area (Å²) in [7, 11) is 3.18. The number of hydrogen-bond donors (Lipinski definition) is 1. The van der Waals surface area contributed by atoms with Crippen molar-refractivity contribution in [2.45, 2.75) is 13.3 Å². The van der Waals surface area contributed by atoms with E-state index in [2.05, 4.69) is 28.2 Å². The average Bonchev–Trinajstić information content (AvgIpc) is 2.61. The molecule has 0 fully saturated rings. The first-order chi connectivity index (χ1) is 11.6. The van der Waals surface area contributed by atoms with Gasteiger partial charge in [-0.15, -0.1) is 0 Å². The Bertz CT molecular complexity index is 756. The smallest absolute Gasteiger partial charge is 0.248 e. The highest BCUT2D eigenvalue weighted by Crippen LogP contribution is 2.26. The van der Waals surface area contributed by atoms with E-state index in [0.717, 1.165) is 22.1 Å². The van der Waals surface area contributed by atoms with E-state index in [1.165, 1.54) is 11.6 Å². The van der Waals surface area contributed by atoms with Crippen molar-refractivity contribution in [2.24, 2.45) is 0 Å². The van der Waals surface area contributed by atoms with E-state index in [0.29, 0.717) is 11.5 Å². The third kappa shape index (κ3) is 4.61. The SMILES string of the molecule is CCc1ccc(NC(=O)/C=C/c2ccc(OC)cc2OC)c(Br)c1. The van der Waals surface area contributed by atoms with Crippen molar-refractivity contribution in [1.29, 1.82) is 0 Å². The Morgan fingerprint density at radius 2 is 1.96 bits per heavy atom. The third-order valence-electron chi connectivity index (χ3n) is 3.55. The van der Waals surface area contributed by atoms with Gasteiger partial charge < -0.3 is 14.8 Å². The number of halogens is 1. The summed E-state index contributed by atoms with van der Waals surface area (Å²) >= 11 is 3.48. The predicted molar refractivity (Wildman–Crippen MR) is 101 cm³/mol. The monoisotopic (exact) mass is 389 g/mol. The van der Waals surface area contributed by atoms with Gasteiger partial charge in [0.25, 0.3) is 0 Å². The minimum absolute atomic E-state index is 0.210. The van der Waals surface area contributed by atoms with E-state index in [1.54, 1.807) is 26.4 Å². The molecule has 0 aliphatic heterocycles. The molecule has 2 aromatic rings. The Kier molecular flexibility index (Phi) is 6.44. The van der Waals surface area contributed by atoms with Crippen molar-refractivity contribution in [2.75, 3.05) is 19.5 Å². The molecule has 2 rings (SSSR count). The summed E-state index contributed by atoms with van der Waals surface area (Å²) in [4.78, 5) is 12.1. The van der Waals surface area contributed by atoms with Crippen LogP contribution in [0.1, 0.15) is 18.1 Å². The topological polar surface area (TPSA) is 47.6 Å². The lowest BCUT2D eigenvalue weighted by Gasteiger charge is -2.08. The quantitative estimate of drug-likeness (QED) is 0.729. The molecule has 2 aromatic carbocycles. The van der Waals surface area contributed by atoms with Gasteiger partial charge in [-0.3, -0.25) is 4.79 Å².